The number of halogens is 2. The maximum atomic E-state index is 12.4. The minimum absolute atomic E-state index is 0.338. The molecule has 1 aliphatic heterocycles. The van der Waals surface area contributed by atoms with Crippen LogP contribution in [0.3, 0.4) is 0 Å². The third-order valence-corrected chi connectivity index (χ3v) is 6.22. The fraction of sp³-hybridized carbons (Fsp3) is 0.524. The van der Waals surface area contributed by atoms with Gasteiger partial charge in [0.2, 0.25) is 0 Å². The van der Waals surface area contributed by atoms with Crippen molar-refractivity contribution < 1.29 is 14.3 Å². The van der Waals surface area contributed by atoms with Crippen LogP contribution in [0.1, 0.15) is 45.1 Å². The molecule has 1 atom stereocenters. The van der Waals surface area contributed by atoms with Gasteiger partial charge in [-0.1, -0.05) is 11.6 Å². The van der Waals surface area contributed by atoms with Gasteiger partial charge in [0.1, 0.15) is 33.6 Å². The molecule has 0 spiro atoms. The summed E-state index contributed by atoms with van der Waals surface area (Å²) in [4.78, 5) is 27.7. The summed E-state index contributed by atoms with van der Waals surface area (Å²) >= 11 is 11.8. The molecular weight excluding hydrogens is 518 g/mol. The summed E-state index contributed by atoms with van der Waals surface area (Å²) in [6.07, 6.45) is 0.395. The highest BCUT2D eigenvalue weighted by Crippen LogP contribution is 2.38. The number of thioether (sulfide) groups is 1. The van der Waals surface area contributed by atoms with Gasteiger partial charge in [0, 0.05) is 24.6 Å². The predicted molar refractivity (Wildman–Crippen MR) is 132 cm³/mol. The van der Waals surface area contributed by atoms with E-state index in [1.54, 1.807) is 33.8 Å². The van der Waals surface area contributed by atoms with Gasteiger partial charge in [-0.25, -0.2) is 19.7 Å². The predicted octanol–water partition coefficient (Wildman–Crippen LogP) is 5.64. The molecule has 2 aromatic rings. The summed E-state index contributed by atoms with van der Waals surface area (Å²) in [5.41, 5.74) is 1.11. The van der Waals surface area contributed by atoms with Crippen LogP contribution in [0.15, 0.2) is 17.0 Å². The van der Waals surface area contributed by atoms with Gasteiger partial charge in [0.05, 0.1) is 16.9 Å². The van der Waals surface area contributed by atoms with Crippen LogP contribution in [-0.4, -0.2) is 51.2 Å². The summed E-state index contributed by atoms with van der Waals surface area (Å²) < 4.78 is 12.3. The van der Waals surface area contributed by atoms with Crippen molar-refractivity contribution in [2.75, 3.05) is 34.8 Å². The fourth-order valence-corrected chi connectivity index (χ4v) is 4.94. The van der Waals surface area contributed by atoms with Gasteiger partial charge in [-0.3, -0.25) is 5.32 Å². The number of amides is 1. The summed E-state index contributed by atoms with van der Waals surface area (Å²) in [7, 11) is 0. The van der Waals surface area contributed by atoms with Crippen LogP contribution in [0, 0.1) is 6.92 Å². The molecule has 1 aliphatic rings. The molecule has 174 valence electrons. The zero-order chi connectivity index (χ0) is 23.5. The van der Waals surface area contributed by atoms with Crippen LogP contribution in [0.4, 0.5) is 16.3 Å². The van der Waals surface area contributed by atoms with Gasteiger partial charge in [0.25, 0.3) is 0 Å². The first kappa shape index (κ1) is 24.9. The monoisotopic (exact) mass is 543 g/mol. The van der Waals surface area contributed by atoms with Crippen molar-refractivity contribution in [3.63, 3.8) is 0 Å². The first-order valence-electron chi connectivity index (χ1n) is 10.2. The van der Waals surface area contributed by atoms with E-state index >= 15 is 0 Å². The maximum absolute atomic E-state index is 12.4. The Morgan fingerprint density at radius 2 is 2.00 bits per heavy atom. The average molecular weight is 545 g/mol. The standard InChI is InChI=1S/C21H27BrClN5O3S/c1-12-17(14(10-15(22)26-12)27-20(29)31-21(3,4)5)30-13(2)16-18(23)24-11-25-19(16)28-6-8-32-9-7-28/h10-11,13H,6-9H2,1-5H3,(H,26,27,29). The number of pyridine rings is 1. The van der Waals surface area contributed by atoms with Crippen molar-refractivity contribution >= 4 is 56.9 Å². The fourth-order valence-electron chi connectivity index (χ4n) is 3.26. The normalized spacial score (nSPS) is 15.3. The minimum Gasteiger partial charge on any atom is -0.482 e. The van der Waals surface area contributed by atoms with Crippen LogP contribution < -0.4 is 15.0 Å². The number of aryl methyl sites for hydroxylation is 1. The lowest BCUT2D eigenvalue weighted by Crippen LogP contribution is -2.34. The average Bonchev–Trinajstić information content (AvgIpc) is 2.69. The van der Waals surface area contributed by atoms with E-state index in [2.05, 4.69) is 41.1 Å². The second kappa shape index (κ2) is 10.4. The number of hydrogen-bond donors (Lipinski definition) is 1. The molecule has 0 aromatic carbocycles. The zero-order valence-corrected chi connectivity index (χ0v) is 21.9. The number of nitrogens with one attached hydrogen (secondary N) is 1. The Balaban J connectivity index is 1.91. The highest BCUT2D eigenvalue weighted by Gasteiger charge is 2.26. The SMILES string of the molecule is Cc1nc(Br)cc(NC(=O)OC(C)(C)C)c1OC(C)c1c(Cl)ncnc1N1CCSCC1. The van der Waals surface area contributed by atoms with Crippen LogP contribution >= 0.6 is 39.3 Å². The van der Waals surface area contributed by atoms with Crippen molar-refractivity contribution in [1.82, 2.24) is 15.0 Å². The number of aromatic nitrogens is 3. The van der Waals surface area contributed by atoms with Gasteiger partial charge in [-0.2, -0.15) is 11.8 Å². The van der Waals surface area contributed by atoms with Crippen molar-refractivity contribution in [3.05, 3.63) is 33.4 Å². The number of hydrogen-bond acceptors (Lipinski definition) is 8. The van der Waals surface area contributed by atoms with E-state index in [4.69, 9.17) is 21.1 Å². The van der Waals surface area contributed by atoms with Gasteiger partial charge < -0.3 is 14.4 Å². The molecule has 1 N–H and O–H groups in total. The van der Waals surface area contributed by atoms with Crippen LogP contribution in [0.25, 0.3) is 0 Å². The largest absolute Gasteiger partial charge is 0.482 e. The molecule has 0 radical (unpaired) electrons. The molecule has 3 heterocycles. The Hall–Kier alpha value is -1.78. The maximum Gasteiger partial charge on any atom is 0.412 e. The number of nitrogens with zero attached hydrogens (tertiary/aromatic N) is 4. The number of carbonyl (C=O) groups is 1. The van der Waals surface area contributed by atoms with Crippen molar-refractivity contribution in [2.24, 2.45) is 0 Å². The second-order valence-corrected chi connectivity index (χ2v) is 10.7. The van der Waals surface area contributed by atoms with E-state index in [0.29, 0.717) is 32.5 Å². The number of carbonyl (C=O) groups excluding carboxylic acids is 1. The van der Waals surface area contributed by atoms with Crippen molar-refractivity contribution in [3.8, 4) is 5.75 Å². The first-order chi connectivity index (χ1) is 15.0. The van der Waals surface area contributed by atoms with E-state index in [1.165, 1.54) is 6.33 Å². The summed E-state index contributed by atoms with van der Waals surface area (Å²) in [5, 5.41) is 3.10. The third kappa shape index (κ3) is 6.39. The molecule has 0 saturated carbocycles. The summed E-state index contributed by atoms with van der Waals surface area (Å²) in [6, 6.07) is 1.67. The Kier molecular flexibility index (Phi) is 8.11. The van der Waals surface area contributed by atoms with Gasteiger partial charge in [0.15, 0.2) is 5.75 Å². The van der Waals surface area contributed by atoms with Crippen LogP contribution in [0.5, 0.6) is 5.75 Å². The molecule has 11 heteroatoms. The first-order valence-corrected chi connectivity index (χ1v) is 12.5. The third-order valence-electron chi connectivity index (χ3n) is 4.57. The molecule has 1 fully saturated rings. The Labute approximate surface area is 206 Å². The Morgan fingerprint density at radius 1 is 1.31 bits per heavy atom. The second-order valence-electron chi connectivity index (χ2n) is 8.30. The topological polar surface area (TPSA) is 89.5 Å². The molecule has 0 bridgehead atoms. The lowest BCUT2D eigenvalue weighted by atomic mass is 10.1. The summed E-state index contributed by atoms with van der Waals surface area (Å²) in [6.45, 7) is 10.8. The Bertz CT molecular complexity index is 983. The zero-order valence-electron chi connectivity index (χ0n) is 18.7. The van der Waals surface area contributed by atoms with E-state index in [1.807, 2.05) is 18.7 Å². The molecular formula is C21H27BrClN5O3S. The van der Waals surface area contributed by atoms with Crippen LogP contribution in [-0.2, 0) is 4.74 Å². The lowest BCUT2D eigenvalue weighted by molar-refractivity contribution is 0.0635. The highest BCUT2D eigenvalue weighted by atomic mass is 79.9. The number of rotatable bonds is 5. The van der Waals surface area contributed by atoms with E-state index in [0.717, 1.165) is 30.4 Å². The molecule has 1 saturated heterocycles. The van der Waals surface area contributed by atoms with Crippen LogP contribution in [0.2, 0.25) is 5.15 Å². The molecule has 0 aliphatic carbocycles. The molecule has 3 rings (SSSR count). The van der Waals surface area contributed by atoms with Crippen molar-refractivity contribution in [1.29, 1.82) is 0 Å². The Morgan fingerprint density at radius 3 is 2.66 bits per heavy atom. The van der Waals surface area contributed by atoms with Gasteiger partial charge in [-0.15, -0.1) is 0 Å². The molecule has 32 heavy (non-hydrogen) atoms. The smallest absolute Gasteiger partial charge is 0.412 e. The minimum atomic E-state index is -0.631. The van der Waals surface area contributed by atoms with Gasteiger partial charge in [-0.05, 0) is 56.6 Å². The number of anilines is 2. The van der Waals surface area contributed by atoms with Crippen molar-refractivity contribution in [2.45, 2.75) is 46.3 Å². The summed E-state index contributed by atoms with van der Waals surface area (Å²) in [5.74, 6) is 3.24. The van der Waals surface area contributed by atoms with Gasteiger partial charge >= 0.3 is 6.09 Å². The van der Waals surface area contributed by atoms with E-state index < -0.39 is 17.8 Å². The quantitative estimate of drug-likeness (QED) is 0.382. The molecule has 2 aromatic heterocycles. The lowest BCUT2D eigenvalue weighted by Gasteiger charge is -2.30. The number of ether oxygens (including phenoxy) is 2. The van der Waals surface area contributed by atoms with E-state index in [9.17, 15) is 4.79 Å². The molecule has 1 unspecified atom stereocenters. The van der Waals surface area contributed by atoms with E-state index in [-0.39, 0.29) is 0 Å². The molecule has 8 nitrogen and oxygen atoms in total. The highest BCUT2D eigenvalue weighted by molar-refractivity contribution is 9.10. The molecule has 1 amide bonds.